The van der Waals surface area contributed by atoms with E-state index >= 15 is 0 Å². The minimum absolute atomic E-state index is 0.0422. The number of para-hydroxylation sites is 1. The van der Waals surface area contributed by atoms with Crippen molar-refractivity contribution in [1.29, 1.82) is 0 Å². The zero-order valence-corrected chi connectivity index (χ0v) is 10.3. The van der Waals surface area contributed by atoms with Crippen molar-refractivity contribution in [2.45, 2.75) is 0 Å². The van der Waals surface area contributed by atoms with Crippen LogP contribution in [0.1, 0.15) is 0 Å². The lowest BCUT2D eigenvalue weighted by Crippen LogP contribution is -2.02. The van der Waals surface area contributed by atoms with E-state index in [2.05, 4.69) is 15.0 Å². The monoisotopic (exact) mass is 264 g/mol. The van der Waals surface area contributed by atoms with Crippen LogP contribution in [-0.4, -0.2) is 34.3 Å². The molecule has 0 radical (unpaired) electrons. The van der Waals surface area contributed by atoms with Gasteiger partial charge in [-0.1, -0.05) is 6.07 Å². The summed E-state index contributed by atoms with van der Waals surface area (Å²) in [7, 11) is 2.81. The molecule has 100 valence electrons. The molecule has 0 aliphatic rings. The summed E-state index contributed by atoms with van der Waals surface area (Å²) >= 11 is 0. The van der Waals surface area contributed by atoms with Gasteiger partial charge in [0.15, 0.2) is 5.75 Å². The van der Waals surface area contributed by atoms with E-state index in [1.165, 1.54) is 20.3 Å². The molecule has 1 aromatic heterocycles. The molecule has 1 heterocycles. The van der Waals surface area contributed by atoms with E-state index in [-0.39, 0.29) is 35.2 Å². The molecule has 8 nitrogen and oxygen atoms in total. The molecule has 0 saturated carbocycles. The molecule has 0 fully saturated rings. The maximum Gasteiger partial charge on any atom is 0.331 e. The minimum atomic E-state index is -0.0921. The summed E-state index contributed by atoms with van der Waals surface area (Å²) in [5, 5.41) is 9.47. The smallest absolute Gasteiger partial charge is 0.331 e. The van der Waals surface area contributed by atoms with Crippen molar-refractivity contribution in [3.8, 4) is 29.5 Å². The second kappa shape index (κ2) is 5.25. The Morgan fingerprint density at radius 3 is 2.16 bits per heavy atom. The lowest BCUT2D eigenvalue weighted by molar-refractivity contribution is 0.320. The van der Waals surface area contributed by atoms with E-state index in [4.69, 9.17) is 19.9 Å². The van der Waals surface area contributed by atoms with Crippen molar-refractivity contribution in [3.05, 3.63) is 18.2 Å². The first-order chi connectivity index (χ1) is 9.13. The third-order valence-corrected chi connectivity index (χ3v) is 2.18. The number of rotatable bonds is 4. The van der Waals surface area contributed by atoms with Gasteiger partial charge in [0.05, 0.1) is 14.2 Å². The van der Waals surface area contributed by atoms with E-state index in [0.717, 1.165) is 0 Å². The lowest BCUT2D eigenvalue weighted by atomic mass is 10.3. The molecule has 0 atom stereocenters. The van der Waals surface area contributed by atoms with Crippen LogP contribution >= 0.6 is 0 Å². The summed E-state index contributed by atoms with van der Waals surface area (Å²) in [5.74, 6) is 0.126. The Balaban J connectivity index is 2.34. The first kappa shape index (κ1) is 12.7. The Morgan fingerprint density at radius 2 is 1.58 bits per heavy atom. The maximum atomic E-state index is 9.47. The molecule has 0 unspecified atom stereocenters. The first-order valence-corrected chi connectivity index (χ1v) is 5.23. The van der Waals surface area contributed by atoms with Crippen LogP contribution in [0.2, 0.25) is 0 Å². The van der Waals surface area contributed by atoms with E-state index in [0.29, 0.717) is 0 Å². The summed E-state index contributed by atoms with van der Waals surface area (Å²) in [5.41, 5.74) is 5.75. The van der Waals surface area contributed by atoms with Gasteiger partial charge in [0.2, 0.25) is 0 Å². The quantitative estimate of drug-likeness (QED) is 0.620. The first-order valence-electron chi connectivity index (χ1n) is 5.23. The average molecular weight is 264 g/mol. The molecule has 3 N–H and O–H groups in total. The van der Waals surface area contributed by atoms with E-state index in [1.54, 1.807) is 12.1 Å². The van der Waals surface area contributed by atoms with Crippen LogP contribution in [0, 0.1) is 0 Å². The average Bonchev–Trinajstić information content (AvgIpc) is 2.43. The van der Waals surface area contributed by atoms with Crippen molar-refractivity contribution in [3.63, 3.8) is 0 Å². The van der Waals surface area contributed by atoms with Gasteiger partial charge in [0.1, 0.15) is 11.4 Å². The highest BCUT2D eigenvalue weighted by Crippen LogP contribution is 2.32. The van der Waals surface area contributed by atoms with Crippen molar-refractivity contribution < 1.29 is 19.3 Å². The van der Waals surface area contributed by atoms with Crippen LogP contribution in [0.15, 0.2) is 18.2 Å². The van der Waals surface area contributed by atoms with Gasteiger partial charge in [-0.25, -0.2) is 0 Å². The van der Waals surface area contributed by atoms with E-state index in [9.17, 15) is 5.11 Å². The summed E-state index contributed by atoms with van der Waals surface area (Å²) in [6.45, 7) is 0. The maximum absolute atomic E-state index is 9.47. The number of aromatic nitrogens is 3. The van der Waals surface area contributed by atoms with Crippen LogP contribution in [0.3, 0.4) is 0 Å². The number of nitrogen functional groups attached to an aromatic ring is 1. The van der Waals surface area contributed by atoms with Crippen LogP contribution in [0.25, 0.3) is 0 Å². The lowest BCUT2D eigenvalue weighted by Gasteiger charge is -2.09. The van der Waals surface area contributed by atoms with Gasteiger partial charge >= 0.3 is 18.0 Å². The second-order valence-corrected chi connectivity index (χ2v) is 3.38. The molecule has 1 aromatic carbocycles. The molecule has 2 rings (SSSR count). The molecule has 19 heavy (non-hydrogen) atoms. The fourth-order valence-electron chi connectivity index (χ4n) is 1.27. The number of anilines is 1. The van der Waals surface area contributed by atoms with Gasteiger partial charge < -0.3 is 25.1 Å². The number of benzene rings is 1. The SMILES string of the molecule is COc1nc(OC)nc(Oc2cccc(O)c2N)n1. The standard InChI is InChI=1S/C11H12N4O4/c1-17-9-13-10(18-2)15-11(14-9)19-7-5-3-4-6(16)8(7)12/h3-5,16H,12H2,1-2H3. The zero-order chi connectivity index (χ0) is 13.8. The Labute approximate surface area is 108 Å². The van der Waals surface area contributed by atoms with Gasteiger partial charge in [-0.3, -0.25) is 0 Å². The Kier molecular flexibility index (Phi) is 3.51. The van der Waals surface area contributed by atoms with Crippen molar-refractivity contribution >= 4 is 5.69 Å². The number of ether oxygens (including phenoxy) is 3. The molecular weight excluding hydrogens is 252 g/mol. The van der Waals surface area contributed by atoms with Gasteiger partial charge in [-0.15, -0.1) is 15.0 Å². The predicted octanol–water partition coefficient (Wildman–Crippen LogP) is 0.969. The van der Waals surface area contributed by atoms with E-state index in [1.807, 2.05) is 0 Å². The number of aromatic hydroxyl groups is 1. The van der Waals surface area contributed by atoms with Crippen LogP contribution < -0.4 is 19.9 Å². The number of nitrogens with zero attached hydrogens (tertiary/aromatic N) is 3. The molecule has 0 spiro atoms. The number of nitrogens with two attached hydrogens (primary N) is 1. The van der Waals surface area contributed by atoms with Crippen molar-refractivity contribution in [1.82, 2.24) is 15.0 Å². The Morgan fingerprint density at radius 1 is 1.00 bits per heavy atom. The van der Waals surface area contributed by atoms with Crippen molar-refractivity contribution in [2.75, 3.05) is 20.0 Å². The third-order valence-electron chi connectivity index (χ3n) is 2.18. The second-order valence-electron chi connectivity index (χ2n) is 3.38. The highest BCUT2D eigenvalue weighted by molar-refractivity contribution is 5.62. The van der Waals surface area contributed by atoms with Gasteiger partial charge in [0, 0.05) is 0 Å². The number of methoxy groups -OCH3 is 2. The Hall–Kier alpha value is -2.77. The molecule has 0 aliphatic carbocycles. The van der Waals surface area contributed by atoms with Crippen LogP contribution in [0.4, 0.5) is 5.69 Å². The summed E-state index contributed by atoms with van der Waals surface area (Å²) < 4.78 is 15.1. The number of phenolic OH excluding ortho intramolecular Hbond substituents is 1. The fraction of sp³-hybridized carbons (Fsp3) is 0.182. The highest BCUT2D eigenvalue weighted by atomic mass is 16.5. The molecule has 8 heteroatoms. The van der Waals surface area contributed by atoms with Gasteiger partial charge in [-0.2, -0.15) is 0 Å². The largest absolute Gasteiger partial charge is 0.506 e. The minimum Gasteiger partial charge on any atom is -0.506 e. The topological polar surface area (TPSA) is 113 Å². The number of phenols is 1. The van der Waals surface area contributed by atoms with Gasteiger partial charge in [0.25, 0.3) is 0 Å². The fourth-order valence-corrected chi connectivity index (χ4v) is 1.27. The van der Waals surface area contributed by atoms with Crippen LogP contribution in [0.5, 0.6) is 29.5 Å². The van der Waals surface area contributed by atoms with Crippen molar-refractivity contribution in [2.24, 2.45) is 0 Å². The van der Waals surface area contributed by atoms with Crippen LogP contribution in [-0.2, 0) is 0 Å². The molecule has 0 aliphatic heterocycles. The van der Waals surface area contributed by atoms with Gasteiger partial charge in [-0.05, 0) is 12.1 Å². The molecule has 2 aromatic rings. The summed E-state index contributed by atoms with van der Waals surface area (Å²) in [6, 6.07) is 4.62. The number of hydrogen-bond donors (Lipinski definition) is 2. The molecular formula is C11H12N4O4. The van der Waals surface area contributed by atoms with E-state index < -0.39 is 0 Å². The third kappa shape index (κ3) is 2.73. The molecule has 0 saturated heterocycles. The molecule has 0 bridgehead atoms. The zero-order valence-electron chi connectivity index (χ0n) is 10.3. The summed E-state index contributed by atoms with van der Waals surface area (Å²) in [4.78, 5) is 11.6. The normalized spacial score (nSPS) is 10.0. The Bertz CT molecular complexity index is 569. The molecule has 0 amide bonds. The predicted molar refractivity (Wildman–Crippen MR) is 65.5 cm³/mol. The summed E-state index contributed by atoms with van der Waals surface area (Å²) in [6.07, 6.45) is 0. The highest BCUT2D eigenvalue weighted by Gasteiger charge is 2.12. The number of hydrogen-bond acceptors (Lipinski definition) is 8.